The number of piperidine rings is 1. The molecule has 15 heteroatoms. The highest BCUT2D eigenvalue weighted by molar-refractivity contribution is 6.07. The van der Waals surface area contributed by atoms with Crippen LogP contribution >= 0.6 is 0 Å². The number of H-pyrrole nitrogens is 2. The molecule has 4 heterocycles. The van der Waals surface area contributed by atoms with Gasteiger partial charge in [0.1, 0.15) is 23.7 Å². The molecule has 10 rings (SSSR count). The van der Waals surface area contributed by atoms with Gasteiger partial charge in [0.2, 0.25) is 5.91 Å². The highest BCUT2D eigenvalue weighted by Gasteiger charge is 2.51. The van der Waals surface area contributed by atoms with E-state index in [9.17, 15) is 19.2 Å². The van der Waals surface area contributed by atoms with Crippen molar-refractivity contribution in [1.82, 2.24) is 40.4 Å². The summed E-state index contributed by atoms with van der Waals surface area (Å²) in [5.41, 5.74) is 6.23. The zero-order valence-electron chi connectivity index (χ0n) is 37.7. The minimum Gasteiger partial charge on any atom is -0.453 e. The molecule has 2 saturated heterocycles. The molecule has 2 aliphatic heterocycles. The third-order valence-electron chi connectivity index (χ3n) is 14.0. The van der Waals surface area contributed by atoms with E-state index in [1.54, 1.807) is 12.0 Å². The van der Waals surface area contributed by atoms with Crippen LogP contribution in [0.3, 0.4) is 0 Å². The Morgan fingerprint density at radius 3 is 1.97 bits per heavy atom. The predicted molar refractivity (Wildman–Crippen MR) is 250 cm³/mol. The van der Waals surface area contributed by atoms with E-state index in [4.69, 9.17) is 24.2 Å². The summed E-state index contributed by atoms with van der Waals surface area (Å²) in [6.07, 6.45) is 2.22. The van der Waals surface area contributed by atoms with Gasteiger partial charge in [-0.1, -0.05) is 80.6 Å². The molecule has 3 aliphatic rings. The smallest absolute Gasteiger partial charge is 0.407 e. The van der Waals surface area contributed by atoms with Crippen LogP contribution in [0.5, 0.6) is 0 Å². The molecule has 3 fully saturated rings. The number of methoxy groups -OCH3 is 3. The number of carbonyl (C=O) groups is 4. The zero-order chi connectivity index (χ0) is 45.8. The molecule has 0 radical (unpaired) electrons. The van der Waals surface area contributed by atoms with Crippen molar-refractivity contribution in [2.75, 3.05) is 34.5 Å². The van der Waals surface area contributed by atoms with Crippen LogP contribution in [0.2, 0.25) is 0 Å². The molecule has 2 aromatic heterocycles. The Bertz CT molecular complexity index is 3000. The van der Waals surface area contributed by atoms with Gasteiger partial charge in [-0.05, 0) is 89.2 Å². The van der Waals surface area contributed by atoms with Crippen LogP contribution in [0.4, 0.5) is 9.59 Å². The van der Waals surface area contributed by atoms with Gasteiger partial charge < -0.3 is 44.6 Å². The van der Waals surface area contributed by atoms with Crippen molar-refractivity contribution in [1.29, 1.82) is 0 Å². The van der Waals surface area contributed by atoms with E-state index < -0.39 is 24.3 Å². The molecule has 2 bridgehead atoms. The van der Waals surface area contributed by atoms with Gasteiger partial charge in [0.15, 0.2) is 0 Å². The first-order chi connectivity index (χ1) is 32.0. The van der Waals surface area contributed by atoms with Crippen LogP contribution < -0.4 is 10.6 Å². The lowest BCUT2D eigenvalue weighted by molar-refractivity contribution is -0.139. The number of aromatic nitrogens is 4. The third kappa shape index (κ3) is 7.64. The van der Waals surface area contributed by atoms with Crippen LogP contribution in [0, 0.1) is 17.8 Å². The Morgan fingerprint density at radius 2 is 1.35 bits per heavy atom. The van der Waals surface area contributed by atoms with Crippen molar-refractivity contribution in [2.45, 2.75) is 69.7 Å². The second-order valence-electron chi connectivity index (χ2n) is 18.4. The van der Waals surface area contributed by atoms with Crippen molar-refractivity contribution in [2.24, 2.45) is 17.8 Å². The van der Waals surface area contributed by atoms with Gasteiger partial charge in [-0.3, -0.25) is 9.59 Å². The third-order valence-corrected chi connectivity index (χ3v) is 14.0. The van der Waals surface area contributed by atoms with Gasteiger partial charge >= 0.3 is 12.2 Å². The second-order valence-corrected chi connectivity index (χ2v) is 18.4. The lowest BCUT2D eigenvalue weighted by Crippen LogP contribution is -2.54. The van der Waals surface area contributed by atoms with Crippen LogP contribution in [-0.2, 0) is 23.8 Å². The second kappa shape index (κ2) is 17.4. The number of benzene rings is 5. The number of hydrogen-bond donors (Lipinski definition) is 4. The van der Waals surface area contributed by atoms with E-state index >= 15 is 0 Å². The Labute approximate surface area is 381 Å². The van der Waals surface area contributed by atoms with E-state index in [-0.39, 0.29) is 47.7 Å². The number of nitrogens with one attached hydrogen (secondary N) is 4. The molecule has 15 nitrogen and oxygen atoms in total. The fourth-order valence-corrected chi connectivity index (χ4v) is 10.9. The van der Waals surface area contributed by atoms with E-state index in [0.717, 1.165) is 79.8 Å². The number of likely N-dealkylation sites (tertiary alicyclic amines) is 2. The maximum atomic E-state index is 14.4. The first-order valence-corrected chi connectivity index (χ1v) is 22.7. The van der Waals surface area contributed by atoms with Crippen molar-refractivity contribution in [3.8, 4) is 11.1 Å². The molecule has 1 aliphatic carbocycles. The van der Waals surface area contributed by atoms with E-state index in [0.29, 0.717) is 31.0 Å². The Kier molecular flexibility index (Phi) is 11.3. The fourth-order valence-electron chi connectivity index (χ4n) is 10.9. The summed E-state index contributed by atoms with van der Waals surface area (Å²) in [6.45, 7) is 4.79. The minimum absolute atomic E-state index is 0.0728. The normalized spacial score (nSPS) is 21.3. The molecule has 0 unspecified atom stereocenters. The number of ether oxygens (including phenoxy) is 3. The monoisotopic (exact) mass is 890 g/mol. The summed E-state index contributed by atoms with van der Waals surface area (Å²) in [7, 11) is 4.25. The number of carbonyl (C=O) groups excluding carboxylic acids is 4. The number of aromatic amines is 2. The number of nitrogens with zero attached hydrogens (tertiary/aromatic N) is 4. The molecule has 4 amide bonds. The molecule has 66 heavy (non-hydrogen) atoms. The van der Waals surface area contributed by atoms with Gasteiger partial charge in [-0.2, -0.15) is 0 Å². The van der Waals surface area contributed by atoms with E-state index in [2.05, 4.69) is 69.1 Å². The highest BCUT2D eigenvalue weighted by atomic mass is 16.5. The number of rotatable bonds is 11. The number of amides is 4. The first-order valence-electron chi connectivity index (χ1n) is 22.7. The molecular weight excluding hydrogens is 837 g/mol. The number of fused-ring (bicyclic) bond motifs is 8. The van der Waals surface area contributed by atoms with Gasteiger partial charge in [0, 0.05) is 36.4 Å². The number of imidazole rings is 2. The quantitative estimate of drug-likeness (QED) is 0.0990. The molecule has 5 aromatic carbocycles. The summed E-state index contributed by atoms with van der Waals surface area (Å²) in [5, 5.41) is 9.69. The van der Waals surface area contributed by atoms with Crippen LogP contribution in [0.1, 0.15) is 74.9 Å². The summed E-state index contributed by atoms with van der Waals surface area (Å²) < 4.78 is 15.3. The van der Waals surface area contributed by atoms with Crippen LogP contribution in [-0.4, -0.2) is 100 Å². The molecule has 1 saturated carbocycles. The predicted octanol–water partition coefficient (Wildman–Crippen LogP) is 8.48. The summed E-state index contributed by atoms with van der Waals surface area (Å²) in [4.78, 5) is 74.5. The van der Waals surface area contributed by atoms with Gasteiger partial charge in [-0.15, -0.1) is 0 Å². The van der Waals surface area contributed by atoms with E-state index in [1.807, 2.05) is 61.2 Å². The average Bonchev–Trinajstić information content (AvgIpc) is 4.20. The summed E-state index contributed by atoms with van der Waals surface area (Å²) in [6, 6.07) is 28.2. The standard InChI is InChI=1S/C51H54N8O7/c1-27(2)41(56-50(62)65-4)49(61)59-35-16-11-34(24-35)45(59)47-53-39-20-15-33-23-31(13-18-37(33)44(39)55-47)30-12-17-36-32(22-30)14-19-38-43(36)54-46(52-38)40-21-28(26-64-3)25-58(40)48(60)42(57-51(63)66-5)29-9-7-6-8-10-29/h6-10,12-15,17-20,22-23,27-28,34-35,40-42,45H,11,16,21,24-26H2,1-5H3,(H,52,54)(H,53,55)(H,56,62)(H,57,63)/t28-,34+,35-,40-,41-,42+,45-/m0/s1. The van der Waals surface area contributed by atoms with Gasteiger partial charge in [-0.25, -0.2) is 19.6 Å². The summed E-state index contributed by atoms with van der Waals surface area (Å²) >= 11 is 0. The SMILES string of the molecule is COC[C@H]1C[C@@H](c2nc3ccc4cc(-c5ccc6c(ccc7nc([C@@H]8[C@@H]9CC[C@@H](C9)N8C(=O)[C@@H](NC(=O)OC)C(C)C)[nH]c76)c5)ccc4c3[nH]2)N(C(=O)[C@H](NC(=O)OC)c2ccccc2)C1. The lowest BCUT2D eigenvalue weighted by Gasteiger charge is -2.37. The van der Waals surface area contributed by atoms with Gasteiger partial charge in [0.25, 0.3) is 5.91 Å². The molecular formula is C51H54N8O7. The topological polar surface area (TPSA) is 184 Å². The summed E-state index contributed by atoms with van der Waals surface area (Å²) in [5.74, 6) is 1.35. The molecule has 0 spiro atoms. The van der Waals surface area contributed by atoms with Crippen molar-refractivity contribution in [3.63, 3.8) is 0 Å². The highest BCUT2D eigenvalue weighted by Crippen LogP contribution is 2.50. The maximum absolute atomic E-state index is 14.4. The Hall–Kier alpha value is -7.00. The van der Waals surface area contributed by atoms with Gasteiger partial charge in [0.05, 0.1) is 55.0 Å². The van der Waals surface area contributed by atoms with Crippen molar-refractivity contribution >= 4 is 67.6 Å². The molecule has 340 valence electrons. The van der Waals surface area contributed by atoms with Crippen LogP contribution in [0.15, 0.2) is 91.0 Å². The maximum Gasteiger partial charge on any atom is 0.407 e. The minimum atomic E-state index is -0.943. The molecule has 4 N–H and O–H groups in total. The molecule has 7 atom stereocenters. The van der Waals surface area contributed by atoms with E-state index in [1.165, 1.54) is 14.2 Å². The number of hydrogen-bond acceptors (Lipinski definition) is 9. The number of alkyl carbamates (subject to hydrolysis) is 2. The lowest BCUT2D eigenvalue weighted by atomic mass is 9.95. The fraction of sp³-hybridized carbons (Fsp3) is 0.373. The largest absolute Gasteiger partial charge is 0.453 e. The molecule has 7 aromatic rings. The van der Waals surface area contributed by atoms with Crippen molar-refractivity contribution in [3.05, 3.63) is 108 Å². The van der Waals surface area contributed by atoms with Crippen molar-refractivity contribution < 1.29 is 33.4 Å². The average molecular weight is 891 g/mol. The Balaban J connectivity index is 0.933. The zero-order valence-corrected chi connectivity index (χ0v) is 37.7. The Morgan fingerprint density at radius 1 is 0.727 bits per heavy atom. The van der Waals surface area contributed by atoms with Crippen LogP contribution in [0.25, 0.3) is 54.7 Å². The first kappa shape index (κ1) is 42.9.